The second-order valence-electron chi connectivity index (χ2n) is 9.04. The molecule has 5 aromatic heterocycles. The highest BCUT2D eigenvalue weighted by atomic mass is 35.5. The van der Waals surface area contributed by atoms with E-state index in [-0.39, 0.29) is 23.6 Å². The predicted molar refractivity (Wildman–Crippen MR) is 155 cm³/mol. The van der Waals surface area contributed by atoms with E-state index in [9.17, 15) is 14.4 Å². The van der Waals surface area contributed by atoms with Gasteiger partial charge in [0, 0.05) is 28.8 Å². The molecule has 0 unspecified atom stereocenters. The van der Waals surface area contributed by atoms with Crippen molar-refractivity contribution in [1.29, 1.82) is 0 Å². The minimum absolute atomic E-state index is 0.153. The number of thiophene rings is 1. The van der Waals surface area contributed by atoms with Gasteiger partial charge in [-0.15, -0.1) is 11.3 Å². The fourth-order valence-corrected chi connectivity index (χ4v) is 5.38. The molecule has 0 fully saturated rings. The van der Waals surface area contributed by atoms with E-state index in [1.807, 2.05) is 42.5 Å². The SMILES string of the molecule is O=C(Cn1cc(-c2cc(NCc3ccc(Cl)s3)n(C(=O)c3ccoc3)n2)c(-c2ccccc2)cc1=O)c1ccco1. The third kappa shape index (κ3) is 5.56. The molecule has 0 saturated carbocycles. The number of nitrogens with zero attached hydrogens (tertiary/aromatic N) is 3. The smallest absolute Gasteiger partial charge is 0.283 e. The van der Waals surface area contributed by atoms with Crippen LogP contribution in [0, 0.1) is 0 Å². The number of ketones is 1. The molecule has 1 N–H and O–H groups in total. The summed E-state index contributed by atoms with van der Waals surface area (Å²) < 4.78 is 13.6. The number of nitrogens with one attached hydrogen (secondary N) is 1. The van der Waals surface area contributed by atoms with Crippen LogP contribution in [0.5, 0.6) is 0 Å². The first kappa shape index (κ1) is 26.3. The molecule has 0 aliphatic rings. The van der Waals surface area contributed by atoms with Crippen molar-refractivity contribution in [3.63, 3.8) is 0 Å². The van der Waals surface area contributed by atoms with Crippen molar-refractivity contribution in [2.45, 2.75) is 13.1 Å². The van der Waals surface area contributed by atoms with E-state index < -0.39 is 5.91 Å². The van der Waals surface area contributed by atoms with E-state index in [2.05, 4.69) is 10.4 Å². The van der Waals surface area contributed by atoms with Gasteiger partial charge in [-0.25, -0.2) is 0 Å². The van der Waals surface area contributed by atoms with Crippen LogP contribution in [-0.2, 0) is 13.1 Å². The summed E-state index contributed by atoms with van der Waals surface area (Å²) in [6.45, 7) is 0.178. The molecule has 9 nitrogen and oxygen atoms in total. The van der Waals surface area contributed by atoms with Gasteiger partial charge in [0.25, 0.3) is 11.5 Å². The molecule has 1 aromatic carbocycles. The molecular weight excluding hydrogens is 564 g/mol. The van der Waals surface area contributed by atoms with Gasteiger partial charge < -0.3 is 18.7 Å². The molecular formula is C30H21ClN4O5S. The van der Waals surface area contributed by atoms with Crippen molar-refractivity contribution in [2.24, 2.45) is 0 Å². The first-order chi connectivity index (χ1) is 20.0. The van der Waals surface area contributed by atoms with Gasteiger partial charge in [-0.2, -0.15) is 9.78 Å². The number of carbonyl (C=O) groups is 2. The summed E-state index contributed by atoms with van der Waals surface area (Å²) in [7, 11) is 0. The molecule has 0 aliphatic carbocycles. The van der Waals surface area contributed by atoms with E-state index in [1.54, 1.807) is 30.5 Å². The summed E-state index contributed by atoms with van der Waals surface area (Å²) >= 11 is 7.52. The second kappa shape index (κ2) is 11.3. The van der Waals surface area contributed by atoms with E-state index in [0.29, 0.717) is 39.1 Å². The van der Waals surface area contributed by atoms with Crippen LogP contribution in [0.1, 0.15) is 25.8 Å². The highest BCUT2D eigenvalue weighted by Crippen LogP contribution is 2.32. The van der Waals surface area contributed by atoms with Crippen molar-refractivity contribution in [1.82, 2.24) is 14.3 Å². The van der Waals surface area contributed by atoms with E-state index >= 15 is 0 Å². The third-order valence-corrected chi connectivity index (χ3v) is 7.57. The second-order valence-corrected chi connectivity index (χ2v) is 10.8. The number of halogens is 1. The molecule has 6 aromatic rings. The Morgan fingerprint density at radius 2 is 1.83 bits per heavy atom. The van der Waals surface area contributed by atoms with E-state index in [1.165, 1.54) is 45.4 Å². The minimum Gasteiger partial charge on any atom is -0.472 e. The van der Waals surface area contributed by atoms with Crippen molar-refractivity contribution in [3.8, 4) is 22.4 Å². The van der Waals surface area contributed by atoms with Gasteiger partial charge in [0.05, 0.1) is 41.2 Å². The van der Waals surface area contributed by atoms with E-state index in [0.717, 1.165) is 10.4 Å². The first-order valence-electron chi connectivity index (χ1n) is 12.5. The average molecular weight is 585 g/mol. The number of carbonyl (C=O) groups excluding carboxylic acids is 2. The van der Waals surface area contributed by atoms with Crippen LogP contribution in [0.3, 0.4) is 0 Å². The van der Waals surface area contributed by atoms with Crippen LogP contribution < -0.4 is 10.9 Å². The lowest BCUT2D eigenvalue weighted by Crippen LogP contribution is -2.23. The number of aromatic nitrogens is 3. The number of anilines is 1. The van der Waals surface area contributed by atoms with Gasteiger partial charge in [0.15, 0.2) is 5.76 Å². The first-order valence-corrected chi connectivity index (χ1v) is 13.7. The Morgan fingerprint density at radius 3 is 2.54 bits per heavy atom. The zero-order valence-corrected chi connectivity index (χ0v) is 22.9. The normalized spacial score (nSPS) is 11.0. The topological polar surface area (TPSA) is 112 Å². The van der Waals surface area contributed by atoms with E-state index in [4.69, 9.17) is 20.4 Å². The molecule has 5 heterocycles. The Labute approximate surface area is 242 Å². The number of rotatable bonds is 9. The van der Waals surface area contributed by atoms with Crippen LogP contribution >= 0.6 is 22.9 Å². The summed E-state index contributed by atoms with van der Waals surface area (Å²) in [6.07, 6.45) is 5.76. The highest BCUT2D eigenvalue weighted by Gasteiger charge is 2.22. The molecule has 11 heteroatoms. The van der Waals surface area contributed by atoms with Gasteiger partial charge >= 0.3 is 0 Å². The minimum atomic E-state index is -0.403. The van der Waals surface area contributed by atoms with Gasteiger partial charge in [-0.05, 0) is 41.5 Å². The Morgan fingerprint density at radius 1 is 0.976 bits per heavy atom. The highest BCUT2D eigenvalue weighted by molar-refractivity contribution is 7.16. The average Bonchev–Trinajstić information content (AvgIpc) is 3.80. The molecule has 0 radical (unpaired) electrons. The molecule has 0 bridgehead atoms. The van der Waals surface area contributed by atoms with Crippen LogP contribution in [0.4, 0.5) is 5.82 Å². The fourth-order valence-electron chi connectivity index (χ4n) is 4.35. The molecule has 0 atom stereocenters. The molecule has 0 spiro atoms. The standard InChI is InChI=1S/C30H21ClN4O5S/c31-27-9-8-21(41-27)15-32-28-14-24(33-35(28)30(38)20-10-12-39-18-20)23-16-34(17-25(36)26-7-4-11-40-26)29(37)13-22(23)19-5-2-1-3-6-19/h1-14,16,18,32H,15,17H2. The zero-order valence-electron chi connectivity index (χ0n) is 21.3. The van der Waals surface area contributed by atoms with Crippen LogP contribution in [0.15, 0.2) is 111 Å². The van der Waals surface area contributed by atoms with Gasteiger partial charge in [-0.1, -0.05) is 41.9 Å². The summed E-state index contributed by atoms with van der Waals surface area (Å²) in [5.41, 5.74) is 2.32. The third-order valence-electron chi connectivity index (χ3n) is 6.34. The van der Waals surface area contributed by atoms with Gasteiger partial charge in [0.2, 0.25) is 5.78 Å². The largest absolute Gasteiger partial charge is 0.472 e. The summed E-state index contributed by atoms with van der Waals surface area (Å²) in [4.78, 5) is 40.3. The zero-order chi connectivity index (χ0) is 28.3. The van der Waals surface area contributed by atoms with Crippen LogP contribution in [0.2, 0.25) is 4.34 Å². The fraction of sp³-hybridized carbons (Fsp3) is 0.0667. The number of benzene rings is 1. The lowest BCUT2D eigenvalue weighted by molar-refractivity contribution is 0.0938. The van der Waals surface area contributed by atoms with Crippen LogP contribution in [-0.4, -0.2) is 26.0 Å². The van der Waals surface area contributed by atoms with Crippen molar-refractivity contribution >= 4 is 40.4 Å². The molecule has 0 aliphatic heterocycles. The van der Waals surface area contributed by atoms with Crippen molar-refractivity contribution in [3.05, 3.63) is 129 Å². The molecule has 0 saturated heterocycles. The number of Topliss-reactive ketones (excluding diaryl/α,β-unsaturated/α-hetero) is 1. The maximum atomic E-state index is 13.4. The monoisotopic (exact) mass is 584 g/mol. The number of hydrogen-bond acceptors (Lipinski definition) is 8. The van der Waals surface area contributed by atoms with Crippen LogP contribution in [0.25, 0.3) is 22.4 Å². The van der Waals surface area contributed by atoms with Gasteiger partial charge in [-0.3, -0.25) is 14.4 Å². The molecule has 0 amide bonds. The van der Waals surface area contributed by atoms with Crippen molar-refractivity contribution < 1.29 is 18.4 Å². The molecule has 204 valence electrons. The summed E-state index contributed by atoms with van der Waals surface area (Å²) in [5, 5.41) is 7.94. The Kier molecular flexibility index (Phi) is 7.24. The lowest BCUT2D eigenvalue weighted by Gasteiger charge is -2.12. The molecule has 41 heavy (non-hydrogen) atoms. The summed E-state index contributed by atoms with van der Waals surface area (Å²) in [6, 6.07) is 21.0. The number of hydrogen-bond donors (Lipinski definition) is 1. The maximum absolute atomic E-state index is 13.4. The quantitative estimate of drug-likeness (QED) is 0.194. The Hall–Kier alpha value is -4.93. The predicted octanol–water partition coefficient (Wildman–Crippen LogP) is 6.46. The Balaban J connectivity index is 1.46. The van der Waals surface area contributed by atoms with Gasteiger partial charge in [0.1, 0.15) is 12.1 Å². The maximum Gasteiger partial charge on any atom is 0.283 e. The van der Waals surface area contributed by atoms with Crippen molar-refractivity contribution in [2.75, 3.05) is 5.32 Å². The molecule has 6 rings (SSSR count). The number of pyridine rings is 1. The Bertz CT molecular complexity index is 1890. The summed E-state index contributed by atoms with van der Waals surface area (Å²) in [5.74, 6) is -0.174. The number of furan rings is 2. The lowest BCUT2D eigenvalue weighted by atomic mass is 9.99.